The summed E-state index contributed by atoms with van der Waals surface area (Å²) in [7, 11) is 0. The molecule has 274 valence electrons. The van der Waals surface area contributed by atoms with Crippen molar-refractivity contribution in [2.45, 2.75) is 19.3 Å². The maximum absolute atomic E-state index is 14.0. The minimum Gasteiger partial charge on any atom is -0.872 e. The van der Waals surface area contributed by atoms with Crippen LogP contribution in [0.25, 0.3) is 6.08 Å². The number of rotatable bonds is 5. The largest absolute Gasteiger partial charge is 1.00 e. The van der Waals surface area contributed by atoms with E-state index in [9.17, 15) is 20.0 Å². The van der Waals surface area contributed by atoms with E-state index in [0.29, 0.717) is 106 Å². The Bertz CT molecular complexity index is 1430. The molecule has 51 heavy (non-hydrogen) atoms. The zero-order valence-electron chi connectivity index (χ0n) is 30.0. The second kappa shape index (κ2) is 22.7. The van der Waals surface area contributed by atoms with Gasteiger partial charge in [0.2, 0.25) is 12.2 Å². The zero-order chi connectivity index (χ0) is 35.6. The third kappa shape index (κ3) is 13.4. The number of hydrogen-bond donors (Lipinski definition) is 0. The molecule has 0 aromatic heterocycles. The van der Waals surface area contributed by atoms with Gasteiger partial charge >= 0.3 is 18.9 Å². The Balaban J connectivity index is 0.00000702. The van der Waals surface area contributed by atoms with Gasteiger partial charge in [-0.15, -0.1) is 5.75 Å². The van der Waals surface area contributed by atoms with Crippen LogP contribution in [0, 0.1) is 10.1 Å². The minimum atomic E-state index is -0.531. The number of nitro groups is 1. The molecule has 15 heteroatoms. The van der Waals surface area contributed by atoms with Gasteiger partial charge in [0.15, 0.2) is 5.71 Å². The number of carbonyl (C=O) groups is 1. The maximum Gasteiger partial charge on any atom is 1.00 e. The van der Waals surface area contributed by atoms with Gasteiger partial charge in [-0.3, -0.25) is 14.9 Å². The summed E-state index contributed by atoms with van der Waals surface area (Å²) < 4.78 is 41.2. The van der Waals surface area contributed by atoms with Gasteiger partial charge in [0.1, 0.15) is 0 Å². The number of nitro benzene ring substituents is 1. The summed E-state index contributed by atoms with van der Waals surface area (Å²) in [5.74, 6) is -0.468. The fraction of sp³-hybridized carbons (Fsp3) is 0.556. The molecule has 1 saturated heterocycles. The first-order chi connectivity index (χ1) is 24.3. The Labute approximate surface area is 311 Å². The van der Waals surface area contributed by atoms with Crippen molar-refractivity contribution in [1.29, 1.82) is 0 Å². The van der Waals surface area contributed by atoms with Crippen LogP contribution < -0.4 is 24.0 Å². The standard InChI is InChI=1S/C36H49N3O11.Li/c1-36(2)31-5-3-4-6-32(31)38(34(36)10-7-29-27-30(39(42)43)8-9-33(29)40)28-35(41)37-11-13-44-15-17-46-19-21-48-23-25-50-26-24-49-22-20-47-18-16-45-14-12-37;/h3-10,27H,11-26,28H2,1-2H3;/q;+1. The predicted octanol–water partition coefficient (Wildman–Crippen LogP) is -0.280. The summed E-state index contributed by atoms with van der Waals surface area (Å²) in [6, 6.07) is 11.5. The van der Waals surface area contributed by atoms with Crippen LogP contribution in [0.4, 0.5) is 11.4 Å². The van der Waals surface area contributed by atoms with Crippen molar-refractivity contribution < 1.29 is 71.4 Å². The summed E-state index contributed by atoms with van der Waals surface area (Å²) in [4.78, 5) is 26.5. The molecule has 0 spiro atoms. The van der Waals surface area contributed by atoms with Crippen LogP contribution in [0.3, 0.4) is 0 Å². The van der Waals surface area contributed by atoms with Crippen molar-refractivity contribution in [1.82, 2.24) is 4.90 Å². The Kier molecular flexibility index (Phi) is 18.8. The van der Waals surface area contributed by atoms with E-state index in [1.165, 1.54) is 18.2 Å². The number of allylic oxidation sites excluding steroid dienone is 1. The van der Waals surface area contributed by atoms with Crippen LogP contribution in [-0.4, -0.2) is 138 Å². The van der Waals surface area contributed by atoms with Crippen LogP contribution in [0.2, 0.25) is 0 Å². The number of ether oxygens (including phenoxy) is 7. The second-order valence-corrected chi connectivity index (χ2v) is 12.1. The molecule has 1 fully saturated rings. The third-order valence-corrected chi connectivity index (χ3v) is 8.31. The molecule has 2 aliphatic rings. The predicted molar refractivity (Wildman–Crippen MR) is 183 cm³/mol. The van der Waals surface area contributed by atoms with E-state index in [0.717, 1.165) is 17.0 Å². The van der Waals surface area contributed by atoms with Crippen LogP contribution in [0.1, 0.15) is 25.0 Å². The SMILES string of the molecule is CC1(C)C(/C=C/c2cc([N+](=O)[O-])ccc2[O-])=[N+](CC(=O)N2CCOCCOCCOCCOCCOCCOCCOCC2)c2ccccc21.[Li+]. The molecule has 0 saturated carbocycles. The van der Waals surface area contributed by atoms with E-state index in [1.54, 1.807) is 17.1 Å². The number of amides is 1. The van der Waals surface area contributed by atoms with Crippen molar-refractivity contribution in [2.75, 3.05) is 112 Å². The molecule has 2 aromatic carbocycles. The summed E-state index contributed by atoms with van der Waals surface area (Å²) in [5, 5.41) is 23.9. The molecule has 0 radical (unpaired) electrons. The fourth-order valence-electron chi connectivity index (χ4n) is 5.63. The summed E-state index contributed by atoms with van der Waals surface area (Å²) in [6.45, 7) is 10.7. The van der Waals surface area contributed by atoms with Crippen molar-refractivity contribution in [3.8, 4) is 5.75 Å². The van der Waals surface area contributed by atoms with Crippen molar-refractivity contribution in [3.05, 3.63) is 69.8 Å². The van der Waals surface area contributed by atoms with Gasteiger partial charge in [-0.2, -0.15) is 4.58 Å². The molecule has 0 aliphatic carbocycles. The first-order valence-corrected chi connectivity index (χ1v) is 17.0. The van der Waals surface area contributed by atoms with Gasteiger partial charge in [0.05, 0.1) is 103 Å². The number of fused-ring (bicyclic) bond motifs is 1. The van der Waals surface area contributed by atoms with E-state index in [2.05, 4.69) is 0 Å². The van der Waals surface area contributed by atoms with E-state index < -0.39 is 10.3 Å². The number of benzene rings is 2. The number of para-hydroxylation sites is 1. The van der Waals surface area contributed by atoms with Crippen molar-refractivity contribution in [2.24, 2.45) is 0 Å². The molecular formula is C36H49LiN3O11+. The van der Waals surface area contributed by atoms with Gasteiger partial charge in [-0.1, -0.05) is 24.3 Å². The fourth-order valence-corrected chi connectivity index (χ4v) is 5.63. The molecule has 0 N–H and O–H groups in total. The summed E-state index contributed by atoms with van der Waals surface area (Å²) in [5.41, 5.74) is 2.18. The molecule has 2 heterocycles. The molecule has 2 aliphatic heterocycles. The van der Waals surface area contributed by atoms with Gasteiger partial charge < -0.3 is 43.2 Å². The van der Waals surface area contributed by atoms with E-state index in [1.807, 2.05) is 42.7 Å². The van der Waals surface area contributed by atoms with Crippen LogP contribution >= 0.6 is 0 Å². The quantitative estimate of drug-likeness (QED) is 0.175. The summed E-state index contributed by atoms with van der Waals surface area (Å²) in [6.07, 6.45) is 3.36. The Morgan fingerprint density at radius 3 is 1.73 bits per heavy atom. The van der Waals surface area contributed by atoms with Gasteiger partial charge in [-0.25, -0.2) is 0 Å². The van der Waals surface area contributed by atoms with Gasteiger partial charge in [-0.05, 0) is 25.5 Å². The molecule has 1 amide bonds. The normalized spacial score (nSPS) is 19.5. The smallest absolute Gasteiger partial charge is 0.872 e. The monoisotopic (exact) mass is 706 g/mol. The van der Waals surface area contributed by atoms with Gasteiger partial charge in [0, 0.05) is 42.9 Å². The molecule has 0 bridgehead atoms. The summed E-state index contributed by atoms with van der Waals surface area (Å²) >= 11 is 0. The zero-order valence-corrected chi connectivity index (χ0v) is 30.0. The van der Waals surface area contributed by atoms with E-state index >= 15 is 0 Å². The third-order valence-electron chi connectivity index (χ3n) is 8.31. The van der Waals surface area contributed by atoms with Crippen molar-refractivity contribution in [3.63, 3.8) is 0 Å². The molecule has 0 atom stereocenters. The maximum atomic E-state index is 14.0. The van der Waals surface area contributed by atoms with Crippen LogP contribution in [0.5, 0.6) is 5.75 Å². The van der Waals surface area contributed by atoms with Crippen molar-refractivity contribution >= 4 is 29.1 Å². The Hall–Kier alpha value is -3.16. The number of nitrogens with zero attached hydrogens (tertiary/aromatic N) is 3. The molecular weight excluding hydrogens is 657 g/mol. The Morgan fingerprint density at radius 2 is 1.24 bits per heavy atom. The molecule has 2 aromatic rings. The average Bonchev–Trinajstić information content (AvgIpc) is 3.31. The average molecular weight is 707 g/mol. The van der Waals surface area contributed by atoms with E-state index in [-0.39, 0.29) is 48.3 Å². The molecule has 0 unspecified atom stereocenters. The topological polar surface area (TPSA) is 154 Å². The Morgan fingerprint density at radius 1 is 0.765 bits per heavy atom. The van der Waals surface area contributed by atoms with Crippen LogP contribution in [0.15, 0.2) is 48.5 Å². The molecule has 4 rings (SSSR count). The second-order valence-electron chi connectivity index (χ2n) is 12.1. The minimum absolute atomic E-state index is 0. The number of non-ortho nitro benzene ring substituents is 1. The number of carbonyl (C=O) groups excluding carboxylic acids is 1. The number of hydrogen-bond acceptors (Lipinski definition) is 11. The van der Waals surface area contributed by atoms with E-state index in [4.69, 9.17) is 33.2 Å². The first kappa shape index (κ1) is 42.3. The first-order valence-electron chi connectivity index (χ1n) is 17.0. The van der Waals surface area contributed by atoms with Crippen LogP contribution in [-0.2, 0) is 43.4 Å². The molecule has 14 nitrogen and oxygen atoms in total. The van der Waals surface area contributed by atoms with Gasteiger partial charge in [0.25, 0.3) is 11.6 Å².